The highest BCUT2D eigenvalue weighted by atomic mass is 16.5. The summed E-state index contributed by atoms with van der Waals surface area (Å²) in [6, 6.07) is 6.03. The minimum absolute atomic E-state index is 0.424. The van der Waals surface area contributed by atoms with Crippen molar-refractivity contribution in [1.29, 1.82) is 0 Å². The molecule has 5 heteroatoms. The summed E-state index contributed by atoms with van der Waals surface area (Å²) < 4.78 is 11.1. The summed E-state index contributed by atoms with van der Waals surface area (Å²) in [6.45, 7) is 0.702. The lowest BCUT2D eigenvalue weighted by atomic mass is 9.93. The molecule has 5 nitrogen and oxygen atoms in total. The predicted molar refractivity (Wildman–Crippen MR) is 85.7 cm³/mol. The molecule has 1 aromatic carbocycles. The number of methoxy groups -OCH3 is 1. The van der Waals surface area contributed by atoms with Crippen molar-refractivity contribution in [2.75, 3.05) is 32.7 Å². The molecule has 1 atom stereocenters. The molecule has 0 amide bonds. The third kappa shape index (κ3) is 3.13. The molecule has 3 rings (SSSR count). The normalized spacial score (nSPS) is 16.6. The van der Waals surface area contributed by atoms with E-state index in [-0.39, 0.29) is 0 Å². The molecule has 1 aromatic heterocycles. The average Bonchev–Trinajstić information content (AvgIpc) is 2.54. The van der Waals surface area contributed by atoms with Gasteiger partial charge in [-0.05, 0) is 24.5 Å². The van der Waals surface area contributed by atoms with E-state index < -0.39 is 0 Å². The van der Waals surface area contributed by atoms with Gasteiger partial charge in [-0.25, -0.2) is 4.98 Å². The molecular formula is C17H21N3O2. The van der Waals surface area contributed by atoms with Crippen LogP contribution in [0.1, 0.15) is 11.3 Å². The van der Waals surface area contributed by atoms with Crippen molar-refractivity contribution in [3.05, 3.63) is 41.9 Å². The highest BCUT2D eigenvalue weighted by Crippen LogP contribution is 2.31. The van der Waals surface area contributed by atoms with Gasteiger partial charge in [0.1, 0.15) is 17.3 Å². The molecule has 0 fully saturated rings. The summed E-state index contributed by atoms with van der Waals surface area (Å²) in [4.78, 5) is 10.9. The zero-order valence-corrected chi connectivity index (χ0v) is 13.2. The molecule has 0 aliphatic carbocycles. The first-order valence-electron chi connectivity index (χ1n) is 7.43. The molecule has 0 spiro atoms. The SMILES string of the molecule is COc1ccc2c(c1)OC[C@H](Cc1cncc(N(C)C)n1)C2. The maximum atomic E-state index is 5.89. The van der Waals surface area contributed by atoms with Crippen molar-refractivity contribution in [3.63, 3.8) is 0 Å². The predicted octanol–water partition coefficient (Wildman–Crippen LogP) is 2.34. The molecule has 0 unspecified atom stereocenters. The summed E-state index contributed by atoms with van der Waals surface area (Å²) >= 11 is 0. The van der Waals surface area contributed by atoms with Gasteiger partial charge in [-0.1, -0.05) is 6.07 Å². The maximum Gasteiger partial charge on any atom is 0.146 e. The number of fused-ring (bicyclic) bond motifs is 1. The van der Waals surface area contributed by atoms with E-state index in [9.17, 15) is 0 Å². The molecule has 1 aliphatic rings. The lowest BCUT2D eigenvalue weighted by Crippen LogP contribution is -2.23. The van der Waals surface area contributed by atoms with Crippen molar-refractivity contribution in [3.8, 4) is 11.5 Å². The van der Waals surface area contributed by atoms with Crippen LogP contribution in [0.4, 0.5) is 5.82 Å². The second kappa shape index (κ2) is 6.22. The highest BCUT2D eigenvalue weighted by molar-refractivity contribution is 5.42. The van der Waals surface area contributed by atoms with Crippen LogP contribution in [0.5, 0.6) is 11.5 Å². The monoisotopic (exact) mass is 299 g/mol. The van der Waals surface area contributed by atoms with Crippen LogP contribution < -0.4 is 14.4 Å². The first-order chi connectivity index (χ1) is 10.7. The van der Waals surface area contributed by atoms with E-state index in [2.05, 4.69) is 16.0 Å². The Morgan fingerprint density at radius 3 is 2.95 bits per heavy atom. The van der Waals surface area contributed by atoms with Gasteiger partial charge >= 0.3 is 0 Å². The van der Waals surface area contributed by atoms with Crippen LogP contribution in [0.15, 0.2) is 30.6 Å². The van der Waals surface area contributed by atoms with Gasteiger partial charge in [0.15, 0.2) is 0 Å². The van der Waals surface area contributed by atoms with Gasteiger partial charge in [-0.2, -0.15) is 0 Å². The summed E-state index contributed by atoms with van der Waals surface area (Å²) in [7, 11) is 5.62. The van der Waals surface area contributed by atoms with Crippen LogP contribution in [0.3, 0.4) is 0 Å². The zero-order chi connectivity index (χ0) is 15.5. The van der Waals surface area contributed by atoms with E-state index in [1.54, 1.807) is 13.3 Å². The quantitative estimate of drug-likeness (QED) is 0.867. The summed E-state index contributed by atoms with van der Waals surface area (Å²) in [6.07, 6.45) is 5.49. The molecule has 22 heavy (non-hydrogen) atoms. The van der Waals surface area contributed by atoms with Gasteiger partial charge in [-0.15, -0.1) is 0 Å². The van der Waals surface area contributed by atoms with Crippen molar-refractivity contribution >= 4 is 5.82 Å². The number of rotatable bonds is 4. The van der Waals surface area contributed by atoms with Crippen molar-refractivity contribution < 1.29 is 9.47 Å². The van der Waals surface area contributed by atoms with E-state index in [1.165, 1.54) is 5.56 Å². The second-order valence-electron chi connectivity index (χ2n) is 5.82. The third-order valence-corrected chi connectivity index (χ3v) is 3.89. The van der Waals surface area contributed by atoms with E-state index in [0.717, 1.165) is 35.9 Å². The van der Waals surface area contributed by atoms with Crippen LogP contribution >= 0.6 is 0 Å². The highest BCUT2D eigenvalue weighted by Gasteiger charge is 2.21. The minimum atomic E-state index is 0.424. The molecule has 0 radical (unpaired) electrons. The average molecular weight is 299 g/mol. The first-order valence-corrected chi connectivity index (χ1v) is 7.43. The smallest absolute Gasteiger partial charge is 0.146 e. The molecular weight excluding hydrogens is 278 g/mol. The third-order valence-electron chi connectivity index (χ3n) is 3.89. The van der Waals surface area contributed by atoms with Gasteiger partial charge in [-0.3, -0.25) is 4.98 Å². The Kier molecular flexibility index (Phi) is 4.13. The molecule has 0 bridgehead atoms. The van der Waals surface area contributed by atoms with Crippen LogP contribution in [-0.2, 0) is 12.8 Å². The van der Waals surface area contributed by atoms with Crippen molar-refractivity contribution in [2.45, 2.75) is 12.8 Å². The van der Waals surface area contributed by atoms with Gasteiger partial charge in [0.05, 0.1) is 25.6 Å². The molecule has 116 valence electrons. The molecule has 0 N–H and O–H groups in total. The van der Waals surface area contributed by atoms with E-state index in [4.69, 9.17) is 9.47 Å². The topological polar surface area (TPSA) is 47.5 Å². The molecule has 0 saturated carbocycles. The van der Waals surface area contributed by atoms with Crippen LogP contribution in [0, 0.1) is 5.92 Å². The van der Waals surface area contributed by atoms with E-state index in [1.807, 2.05) is 37.3 Å². The van der Waals surface area contributed by atoms with Crippen molar-refractivity contribution in [2.24, 2.45) is 5.92 Å². The Hall–Kier alpha value is -2.30. The van der Waals surface area contributed by atoms with Crippen LogP contribution in [-0.4, -0.2) is 37.8 Å². The number of hydrogen-bond donors (Lipinski definition) is 0. The number of nitrogens with zero attached hydrogens (tertiary/aromatic N) is 3. The molecule has 1 aliphatic heterocycles. The molecule has 2 heterocycles. The van der Waals surface area contributed by atoms with E-state index in [0.29, 0.717) is 12.5 Å². The standard InChI is InChI=1S/C17H21N3O2/c1-20(2)17-10-18-9-14(19-17)7-12-6-13-4-5-15(21-3)8-16(13)22-11-12/h4-5,8-10,12H,6-7,11H2,1-3H3/t12-/m0/s1. The van der Waals surface area contributed by atoms with Gasteiger partial charge < -0.3 is 14.4 Å². The summed E-state index contributed by atoms with van der Waals surface area (Å²) in [5.41, 5.74) is 2.24. The van der Waals surface area contributed by atoms with Gasteiger partial charge in [0, 0.05) is 32.3 Å². The lowest BCUT2D eigenvalue weighted by molar-refractivity contribution is 0.219. The minimum Gasteiger partial charge on any atom is -0.497 e. The Bertz CT molecular complexity index is 658. The van der Waals surface area contributed by atoms with Crippen LogP contribution in [0.2, 0.25) is 0 Å². The fourth-order valence-corrected chi connectivity index (χ4v) is 2.68. The number of anilines is 1. The second-order valence-corrected chi connectivity index (χ2v) is 5.82. The van der Waals surface area contributed by atoms with Gasteiger partial charge in [0.2, 0.25) is 0 Å². The molecule has 2 aromatic rings. The summed E-state index contributed by atoms with van der Waals surface area (Å²) in [5.74, 6) is 3.08. The number of aromatic nitrogens is 2. The van der Waals surface area contributed by atoms with Gasteiger partial charge in [0.25, 0.3) is 0 Å². The number of benzene rings is 1. The number of ether oxygens (including phenoxy) is 2. The largest absolute Gasteiger partial charge is 0.497 e. The maximum absolute atomic E-state index is 5.89. The lowest BCUT2D eigenvalue weighted by Gasteiger charge is -2.25. The Balaban J connectivity index is 1.71. The van der Waals surface area contributed by atoms with E-state index >= 15 is 0 Å². The van der Waals surface area contributed by atoms with Crippen molar-refractivity contribution in [1.82, 2.24) is 9.97 Å². The Labute approximate surface area is 130 Å². The fraction of sp³-hybridized carbons (Fsp3) is 0.412. The Morgan fingerprint density at radius 1 is 1.32 bits per heavy atom. The first kappa shape index (κ1) is 14.6. The molecule has 0 saturated heterocycles. The van der Waals surface area contributed by atoms with Crippen LogP contribution in [0.25, 0.3) is 0 Å². The zero-order valence-electron chi connectivity index (χ0n) is 13.2. The fourth-order valence-electron chi connectivity index (χ4n) is 2.68. The number of hydrogen-bond acceptors (Lipinski definition) is 5. The summed E-state index contributed by atoms with van der Waals surface area (Å²) in [5, 5.41) is 0. The Morgan fingerprint density at radius 2 is 2.18 bits per heavy atom.